The first-order valence-electron chi connectivity index (χ1n) is 9.54. The second-order valence-electron chi connectivity index (χ2n) is 6.99. The van der Waals surface area contributed by atoms with E-state index in [9.17, 15) is 4.79 Å². The van der Waals surface area contributed by atoms with Crippen LogP contribution in [0.2, 0.25) is 0 Å². The van der Waals surface area contributed by atoms with Crippen LogP contribution in [0.4, 0.5) is 0 Å². The lowest BCUT2D eigenvalue weighted by Crippen LogP contribution is -2.24. The highest BCUT2D eigenvalue weighted by atomic mass is 16.1. The van der Waals surface area contributed by atoms with Gasteiger partial charge in [-0.15, -0.1) is 0 Å². The fraction of sp³-hybridized carbons (Fsp3) is 0.174. The molecule has 1 aromatic carbocycles. The van der Waals surface area contributed by atoms with Gasteiger partial charge in [-0.2, -0.15) is 0 Å². The molecule has 0 spiro atoms. The Labute approximate surface area is 169 Å². The van der Waals surface area contributed by atoms with Crippen LogP contribution in [0.25, 0.3) is 5.82 Å². The van der Waals surface area contributed by atoms with Crippen molar-refractivity contribution < 1.29 is 4.79 Å². The largest absolute Gasteiger partial charge is 0.348 e. The summed E-state index contributed by atoms with van der Waals surface area (Å²) in [6.45, 7) is 5.12. The number of carbonyl (C=O) groups is 1. The Morgan fingerprint density at radius 1 is 1.03 bits per heavy atom. The number of rotatable bonds is 6. The summed E-state index contributed by atoms with van der Waals surface area (Å²) in [7, 11) is 0. The zero-order chi connectivity index (χ0) is 20.2. The van der Waals surface area contributed by atoms with Crippen molar-refractivity contribution in [2.24, 2.45) is 0 Å². The number of pyridine rings is 1. The van der Waals surface area contributed by atoms with Crippen molar-refractivity contribution in [2.75, 3.05) is 0 Å². The van der Waals surface area contributed by atoms with Crippen LogP contribution in [0.5, 0.6) is 0 Å². The summed E-state index contributed by atoms with van der Waals surface area (Å²) >= 11 is 0. The maximum atomic E-state index is 12.9. The lowest BCUT2D eigenvalue weighted by atomic mass is 10.1. The van der Waals surface area contributed by atoms with Crippen molar-refractivity contribution in [2.45, 2.75) is 26.9 Å². The maximum absolute atomic E-state index is 12.9. The summed E-state index contributed by atoms with van der Waals surface area (Å²) in [5, 5.41) is 3.07. The molecule has 0 bridgehead atoms. The quantitative estimate of drug-likeness (QED) is 0.551. The smallest absolute Gasteiger partial charge is 0.253 e. The van der Waals surface area contributed by atoms with Crippen molar-refractivity contribution in [1.29, 1.82) is 0 Å². The molecule has 0 atom stereocenters. The maximum Gasteiger partial charge on any atom is 0.253 e. The normalized spacial score (nSPS) is 10.8. The molecule has 0 saturated heterocycles. The molecular formula is C23H23N5O. The van der Waals surface area contributed by atoms with E-state index in [-0.39, 0.29) is 5.91 Å². The monoisotopic (exact) mass is 385 g/mol. The van der Waals surface area contributed by atoms with E-state index in [0.29, 0.717) is 12.1 Å². The fourth-order valence-corrected chi connectivity index (χ4v) is 3.56. The van der Waals surface area contributed by atoms with Crippen LogP contribution in [0.1, 0.15) is 32.9 Å². The summed E-state index contributed by atoms with van der Waals surface area (Å²) in [6.07, 6.45) is 7.25. The Morgan fingerprint density at radius 3 is 2.55 bits per heavy atom. The Hall–Kier alpha value is -3.67. The van der Waals surface area contributed by atoms with Crippen LogP contribution in [-0.2, 0) is 13.1 Å². The molecule has 0 aliphatic carbocycles. The highest BCUT2D eigenvalue weighted by Gasteiger charge is 2.17. The summed E-state index contributed by atoms with van der Waals surface area (Å²) in [4.78, 5) is 21.4. The molecule has 29 heavy (non-hydrogen) atoms. The number of benzene rings is 1. The number of imidazole rings is 1. The molecule has 6 nitrogen and oxygen atoms in total. The number of hydrogen-bond donors (Lipinski definition) is 1. The van der Waals surface area contributed by atoms with Crippen LogP contribution in [-0.4, -0.2) is 25.0 Å². The third kappa shape index (κ3) is 3.96. The molecule has 0 aliphatic heterocycles. The molecule has 1 N–H and O–H groups in total. The van der Waals surface area contributed by atoms with Gasteiger partial charge < -0.3 is 14.5 Å². The standard InChI is InChI=1S/C23H23N5O/c1-17-13-21(18(2)28(17)22-9-5-6-10-25-22)23(29)26-14-19-7-3-4-8-20(19)15-27-12-11-24-16-27/h3-13,16H,14-15H2,1-2H3,(H,26,29). The second kappa shape index (κ2) is 8.14. The lowest BCUT2D eigenvalue weighted by molar-refractivity contribution is 0.0950. The Kier molecular flexibility index (Phi) is 5.24. The summed E-state index contributed by atoms with van der Waals surface area (Å²) < 4.78 is 4.02. The average molecular weight is 385 g/mol. The molecule has 0 unspecified atom stereocenters. The first-order chi connectivity index (χ1) is 14.1. The molecule has 4 rings (SSSR count). The Morgan fingerprint density at radius 2 is 1.83 bits per heavy atom. The number of nitrogens with zero attached hydrogens (tertiary/aromatic N) is 4. The summed E-state index contributed by atoms with van der Waals surface area (Å²) in [5.74, 6) is 0.727. The van der Waals surface area contributed by atoms with Gasteiger partial charge in [-0.25, -0.2) is 9.97 Å². The van der Waals surface area contributed by atoms with E-state index in [4.69, 9.17) is 0 Å². The third-order valence-electron chi connectivity index (χ3n) is 5.02. The first kappa shape index (κ1) is 18.7. The van der Waals surface area contributed by atoms with E-state index in [1.54, 1.807) is 18.7 Å². The van der Waals surface area contributed by atoms with Gasteiger partial charge in [0.1, 0.15) is 5.82 Å². The minimum atomic E-state index is -0.0854. The van der Waals surface area contributed by atoms with Gasteiger partial charge in [0.2, 0.25) is 0 Å². The van der Waals surface area contributed by atoms with Gasteiger partial charge in [-0.3, -0.25) is 4.79 Å². The van der Waals surface area contributed by atoms with Crippen LogP contribution in [0, 0.1) is 13.8 Å². The number of carbonyl (C=O) groups excluding carboxylic acids is 1. The SMILES string of the molecule is Cc1cc(C(=O)NCc2ccccc2Cn2ccnc2)c(C)n1-c1ccccn1. The van der Waals surface area contributed by atoms with Gasteiger partial charge >= 0.3 is 0 Å². The predicted octanol–water partition coefficient (Wildman–Crippen LogP) is 3.66. The van der Waals surface area contributed by atoms with Crippen molar-refractivity contribution >= 4 is 5.91 Å². The van der Waals surface area contributed by atoms with E-state index in [1.807, 2.05) is 71.6 Å². The molecule has 0 aliphatic rings. The van der Waals surface area contributed by atoms with E-state index in [0.717, 1.165) is 34.9 Å². The number of amides is 1. The number of aromatic nitrogens is 4. The number of aryl methyl sites for hydroxylation is 1. The minimum Gasteiger partial charge on any atom is -0.348 e. The molecule has 0 radical (unpaired) electrons. The molecule has 3 heterocycles. The van der Waals surface area contributed by atoms with Crippen molar-refractivity contribution in [3.8, 4) is 5.82 Å². The minimum absolute atomic E-state index is 0.0854. The van der Waals surface area contributed by atoms with Crippen LogP contribution in [0.3, 0.4) is 0 Å². The average Bonchev–Trinajstić information content (AvgIpc) is 3.35. The highest BCUT2D eigenvalue weighted by Crippen LogP contribution is 2.19. The van der Waals surface area contributed by atoms with Gasteiger partial charge in [0, 0.05) is 43.1 Å². The number of nitrogens with one attached hydrogen (secondary N) is 1. The second-order valence-corrected chi connectivity index (χ2v) is 6.99. The van der Waals surface area contributed by atoms with Crippen molar-refractivity contribution in [1.82, 2.24) is 24.4 Å². The summed E-state index contributed by atoms with van der Waals surface area (Å²) in [5.41, 5.74) is 4.77. The third-order valence-corrected chi connectivity index (χ3v) is 5.02. The molecular weight excluding hydrogens is 362 g/mol. The van der Waals surface area contributed by atoms with E-state index >= 15 is 0 Å². The van der Waals surface area contributed by atoms with Gasteiger partial charge in [0.25, 0.3) is 5.91 Å². The van der Waals surface area contributed by atoms with Gasteiger partial charge in [0.05, 0.1) is 11.9 Å². The van der Waals surface area contributed by atoms with Gasteiger partial charge in [-0.1, -0.05) is 30.3 Å². The van der Waals surface area contributed by atoms with Crippen molar-refractivity contribution in [3.63, 3.8) is 0 Å². The van der Waals surface area contributed by atoms with Crippen LogP contribution >= 0.6 is 0 Å². The number of hydrogen-bond acceptors (Lipinski definition) is 3. The first-order valence-corrected chi connectivity index (χ1v) is 9.54. The lowest BCUT2D eigenvalue weighted by Gasteiger charge is -2.12. The molecule has 146 valence electrons. The Balaban J connectivity index is 1.52. The zero-order valence-corrected chi connectivity index (χ0v) is 16.5. The molecule has 0 saturated carbocycles. The highest BCUT2D eigenvalue weighted by molar-refractivity contribution is 5.95. The fourth-order valence-electron chi connectivity index (χ4n) is 3.56. The van der Waals surface area contributed by atoms with E-state index < -0.39 is 0 Å². The van der Waals surface area contributed by atoms with Crippen molar-refractivity contribution in [3.05, 3.63) is 102 Å². The van der Waals surface area contributed by atoms with E-state index in [1.165, 1.54) is 0 Å². The molecule has 6 heteroatoms. The molecule has 1 amide bonds. The predicted molar refractivity (Wildman–Crippen MR) is 112 cm³/mol. The zero-order valence-electron chi connectivity index (χ0n) is 16.5. The summed E-state index contributed by atoms with van der Waals surface area (Å²) in [6, 6.07) is 15.8. The Bertz CT molecular complexity index is 1110. The van der Waals surface area contributed by atoms with Gasteiger partial charge in [-0.05, 0) is 43.2 Å². The van der Waals surface area contributed by atoms with Gasteiger partial charge in [0.15, 0.2) is 0 Å². The van der Waals surface area contributed by atoms with Crippen LogP contribution < -0.4 is 5.32 Å². The van der Waals surface area contributed by atoms with E-state index in [2.05, 4.69) is 21.4 Å². The molecule has 0 fully saturated rings. The molecule has 3 aromatic heterocycles. The molecule has 4 aromatic rings. The van der Waals surface area contributed by atoms with Crippen LogP contribution in [0.15, 0.2) is 73.4 Å². The topological polar surface area (TPSA) is 64.7 Å².